The average molecular weight is 344 g/mol. The van der Waals surface area contributed by atoms with Crippen molar-refractivity contribution in [2.24, 2.45) is 11.8 Å². The monoisotopic (exact) mass is 344 g/mol. The molecule has 0 radical (unpaired) electrons. The predicted octanol–water partition coefficient (Wildman–Crippen LogP) is 3.54. The van der Waals surface area contributed by atoms with Crippen LogP contribution in [0.2, 0.25) is 0 Å². The molecule has 1 heterocycles. The molecule has 24 heavy (non-hydrogen) atoms. The minimum absolute atomic E-state index is 0.0864. The zero-order valence-corrected chi connectivity index (χ0v) is 13.9. The highest BCUT2D eigenvalue weighted by molar-refractivity contribution is 5.94. The molecule has 1 aliphatic rings. The normalized spacial score (nSPS) is 22.2. The summed E-state index contributed by atoms with van der Waals surface area (Å²) in [5, 5.41) is 1.80. The molecule has 0 spiro atoms. The third-order valence-electron chi connectivity index (χ3n) is 3.99. The highest BCUT2D eigenvalue weighted by Gasteiger charge is 2.38. The summed E-state index contributed by atoms with van der Waals surface area (Å²) < 4.78 is 42.1. The standard InChI is InChI=1S/C17H23F3N2O2/c1-12-9-13(2)11-22(10-12)7-8-24-15-5-3-14(4-6-15)21-16(23)17(18,19)20/h3-6,12-13H,7-11H2,1-2H3,(H,21,23)/t12-,13-/m0/s1. The minimum Gasteiger partial charge on any atom is -0.492 e. The summed E-state index contributed by atoms with van der Waals surface area (Å²) in [6, 6.07) is 5.88. The van der Waals surface area contributed by atoms with Crippen molar-refractivity contribution in [2.45, 2.75) is 26.4 Å². The summed E-state index contributed by atoms with van der Waals surface area (Å²) in [6.45, 7) is 7.97. The Bertz CT molecular complexity index is 536. The van der Waals surface area contributed by atoms with E-state index in [0.29, 0.717) is 24.2 Å². The van der Waals surface area contributed by atoms with E-state index in [1.165, 1.54) is 18.6 Å². The first-order valence-electron chi connectivity index (χ1n) is 8.07. The van der Waals surface area contributed by atoms with Crippen LogP contribution in [-0.2, 0) is 4.79 Å². The van der Waals surface area contributed by atoms with Gasteiger partial charge in [0.1, 0.15) is 12.4 Å². The summed E-state index contributed by atoms with van der Waals surface area (Å²) >= 11 is 0. The number of alkyl halides is 3. The van der Waals surface area contributed by atoms with E-state index in [-0.39, 0.29) is 5.69 Å². The van der Waals surface area contributed by atoms with Crippen molar-refractivity contribution < 1.29 is 22.7 Å². The quantitative estimate of drug-likeness (QED) is 0.888. The van der Waals surface area contributed by atoms with Crippen LogP contribution in [0.5, 0.6) is 5.75 Å². The Hall–Kier alpha value is -1.76. The summed E-state index contributed by atoms with van der Waals surface area (Å²) in [7, 11) is 0. The topological polar surface area (TPSA) is 41.6 Å². The molecule has 1 aliphatic heterocycles. The summed E-state index contributed by atoms with van der Waals surface area (Å²) in [6.07, 6.45) is -3.64. The molecule has 1 amide bonds. The summed E-state index contributed by atoms with van der Waals surface area (Å²) in [5.74, 6) is -0.0434. The van der Waals surface area contributed by atoms with Gasteiger partial charge in [0.25, 0.3) is 0 Å². The maximum atomic E-state index is 12.2. The number of rotatable bonds is 5. The molecule has 7 heteroatoms. The fourth-order valence-corrected chi connectivity index (χ4v) is 3.10. The predicted molar refractivity (Wildman–Crippen MR) is 86.0 cm³/mol. The third-order valence-corrected chi connectivity index (χ3v) is 3.99. The molecule has 1 N–H and O–H groups in total. The van der Waals surface area contributed by atoms with Gasteiger partial charge in [-0.1, -0.05) is 13.8 Å². The van der Waals surface area contributed by atoms with Gasteiger partial charge in [-0.25, -0.2) is 0 Å². The van der Waals surface area contributed by atoms with E-state index in [0.717, 1.165) is 19.6 Å². The molecular formula is C17H23F3N2O2. The lowest BCUT2D eigenvalue weighted by Crippen LogP contribution is -2.40. The van der Waals surface area contributed by atoms with Crippen LogP contribution in [0.15, 0.2) is 24.3 Å². The number of amides is 1. The number of carbonyl (C=O) groups is 1. The second-order valence-electron chi connectivity index (χ2n) is 6.53. The van der Waals surface area contributed by atoms with Crippen LogP contribution in [0, 0.1) is 11.8 Å². The second-order valence-corrected chi connectivity index (χ2v) is 6.53. The SMILES string of the molecule is C[C@H]1C[C@H](C)CN(CCOc2ccc(NC(=O)C(F)(F)F)cc2)C1. The molecule has 1 saturated heterocycles. The average Bonchev–Trinajstić information content (AvgIpc) is 2.47. The molecule has 1 fully saturated rings. The van der Waals surface area contributed by atoms with E-state index in [1.54, 1.807) is 17.4 Å². The van der Waals surface area contributed by atoms with Gasteiger partial charge in [0.05, 0.1) is 0 Å². The van der Waals surface area contributed by atoms with E-state index in [4.69, 9.17) is 4.74 Å². The molecule has 4 nitrogen and oxygen atoms in total. The van der Waals surface area contributed by atoms with Crippen LogP contribution < -0.4 is 10.1 Å². The number of likely N-dealkylation sites (tertiary alicyclic amines) is 1. The zero-order chi connectivity index (χ0) is 17.7. The van der Waals surface area contributed by atoms with Crippen molar-refractivity contribution in [3.63, 3.8) is 0 Å². The number of halogens is 3. The van der Waals surface area contributed by atoms with Crippen molar-refractivity contribution in [3.05, 3.63) is 24.3 Å². The molecule has 2 rings (SSSR count). The van der Waals surface area contributed by atoms with Crippen molar-refractivity contribution in [1.82, 2.24) is 4.90 Å². The van der Waals surface area contributed by atoms with E-state index < -0.39 is 12.1 Å². The Kier molecular flexibility index (Phi) is 6.10. The van der Waals surface area contributed by atoms with Crippen LogP contribution >= 0.6 is 0 Å². The fourth-order valence-electron chi connectivity index (χ4n) is 3.10. The fraction of sp³-hybridized carbons (Fsp3) is 0.588. The first-order chi connectivity index (χ1) is 11.2. The van der Waals surface area contributed by atoms with Crippen molar-refractivity contribution in [2.75, 3.05) is 31.6 Å². The van der Waals surface area contributed by atoms with Gasteiger partial charge in [-0.05, 0) is 42.5 Å². The van der Waals surface area contributed by atoms with Crippen LogP contribution in [-0.4, -0.2) is 43.2 Å². The lowest BCUT2D eigenvalue weighted by molar-refractivity contribution is -0.167. The molecule has 1 aromatic rings. The molecule has 0 aliphatic carbocycles. The van der Waals surface area contributed by atoms with Gasteiger partial charge < -0.3 is 10.1 Å². The van der Waals surface area contributed by atoms with Crippen molar-refractivity contribution in [3.8, 4) is 5.75 Å². The Morgan fingerprint density at radius 1 is 1.21 bits per heavy atom. The van der Waals surface area contributed by atoms with Gasteiger partial charge in [0.15, 0.2) is 0 Å². The van der Waals surface area contributed by atoms with Crippen LogP contribution in [0.4, 0.5) is 18.9 Å². The minimum atomic E-state index is -4.89. The van der Waals surface area contributed by atoms with Crippen LogP contribution in [0.25, 0.3) is 0 Å². The number of hydrogen-bond acceptors (Lipinski definition) is 3. The molecule has 1 aromatic carbocycles. The summed E-state index contributed by atoms with van der Waals surface area (Å²) in [4.78, 5) is 13.2. The number of ether oxygens (including phenoxy) is 1. The Balaban J connectivity index is 1.77. The number of piperidine rings is 1. The molecule has 0 aromatic heterocycles. The maximum Gasteiger partial charge on any atom is 0.471 e. The lowest BCUT2D eigenvalue weighted by atomic mass is 9.92. The first-order valence-corrected chi connectivity index (χ1v) is 8.07. The van der Waals surface area contributed by atoms with Crippen molar-refractivity contribution in [1.29, 1.82) is 0 Å². The number of benzene rings is 1. The van der Waals surface area contributed by atoms with Crippen molar-refractivity contribution >= 4 is 11.6 Å². The molecular weight excluding hydrogens is 321 g/mol. The van der Waals surface area contributed by atoms with Gasteiger partial charge in [-0.15, -0.1) is 0 Å². The van der Waals surface area contributed by atoms with Gasteiger partial charge in [-0.3, -0.25) is 9.69 Å². The van der Waals surface area contributed by atoms with E-state index in [2.05, 4.69) is 18.7 Å². The van der Waals surface area contributed by atoms with E-state index in [1.807, 2.05) is 0 Å². The summed E-state index contributed by atoms with van der Waals surface area (Å²) in [5.41, 5.74) is 0.0864. The largest absolute Gasteiger partial charge is 0.492 e. The Morgan fingerprint density at radius 2 is 1.79 bits per heavy atom. The molecule has 134 valence electrons. The third kappa shape index (κ3) is 5.70. The number of hydrogen-bond donors (Lipinski definition) is 1. The zero-order valence-electron chi connectivity index (χ0n) is 13.9. The first kappa shape index (κ1) is 18.6. The molecule has 0 saturated carbocycles. The van der Waals surface area contributed by atoms with E-state index in [9.17, 15) is 18.0 Å². The highest BCUT2D eigenvalue weighted by Crippen LogP contribution is 2.22. The second kappa shape index (κ2) is 7.88. The van der Waals surface area contributed by atoms with Gasteiger partial charge in [-0.2, -0.15) is 13.2 Å². The smallest absolute Gasteiger partial charge is 0.471 e. The molecule has 2 atom stereocenters. The lowest BCUT2D eigenvalue weighted by Gasteiger charge is -2.34. The van der Waals surface area contributed by atoms with Gasteiger partial charge >= 0.3 is 12.1 Å². The van der Waals surface area contributed by atoms with Gasteiger partial charge in [0.2, 0.25) is 0 Å². The Labute approximate surface area is 140 Å². The number of nitrogens with zero attached hydrogens (tertiary/aromatic N) is 1. The van der Waals surface area contributed by atoms with Crippen LogP contribution in [0.3, 0.4) is 0 Å². The number of anilines is 1. The molecule has 0 unspecified atom stereocenters. The Morgan fingerprint density at radius 3 is 2.33 bits per heavy atom. The molecule has 0 bridgehead atoms. The highest BCUT2D eigenvalue weighted by atomic mass is 19.4. The number of carbonyl (C=O) groups excluding carboxylic acids is 1. The van der Waals surface area contributed by atoms with Crippen LogP contribution in [0.1, 0.15) is 20.3 Å². The van der Waals surface area contributed by atoms with Gasteiger partial charge in [0, 0.05) is 25.3 Å². The maximum absolute atomic E-state index is 12.2. The van der Waals surface area contributed by atoms with E-state index >= 15 is 0 Å². The number of nitrogens with one attached hydrogen (secondary N) is 1.